The molecule has 2 aromatic carbocycles. The normalized spacial score (nSPS) is 12.0. The molecule has 1 aromatic heterocycles. The maximum Gasteiger partial charge on any atom is 0.280 e. The van der Waals surface area contributed by atoms with Crippen LogP contribution in [-0.2, 0) is 16.4 Å². The summed E-state index contributed by atoms with van der Waals surface area (Å²) in [5.41, 5.74) is 0.649. The minimum absolute atomic E-state index is 0.00126. The number of sulfone groups is 1. The van der Waals surface area contributed by atoms with Crippen molar-refractivity contribution >= 4 is 37.3 Å². The Morgan fingerprint density at radius 1 is 1.17 bits per heavy atom. The van der Waals surface area contributed by atoms with E-state index in [1.807, 2.05) is 0 Å². The van der Waals surface area contributed by atoms with Crippen molar-refractivity contribution < 1.29 is 22.7 Å². The number of fused-ring (bicyclic) bond motifs is 1. The van der Waals surface area contributed by atoms with Crippen LogP contribution in [0.4, 0.5) is 0 Å². The lowest BCUT2D eigenvalue weighted by atomic mass is 10.2. The molecule has 0 N–H and O–H groups in total. The van der Waals surface area contributed by atoms with E-state index in [0.717, 1.165) is 6.26 Å². The number of methoxy groups -OCH3 is 2. The molecule has 0 saturated heterocycles. The number of carbonyl (C=O) groups is 1. The van der Waals surface area contributed by atoms with Crippen molar-refractivity contribution in [3.8, 4) is 23.8 Å². The van der Waals surface area contributed by atoms with Crippen LogP contribution < -0.4 is 14.3 Å². The van der Waals surface area contributed by atoms with Gasteiger partial charge in [-0.3, -0.25) is 4.79 Å². The first-order chi connectivity index (χ1) is 13.8. The van der Waals surface area contributed by atoms with Crippen LogP contribution in [0, 0.1) is 12.3 Å². The van der Waals surface area contributed by atoms with Crippen LogP contribution in [0.1, 0.15) is 10.4 Å². The van der Waals surface area contributed by atoms with Gasteiger partial charge in [-0.1, -0.05) is 29.4 Å². The molecule has 1 amide bonds. The van der Waals surface area contributed by atoms with Crippen molar-refractivity contribution in [2.24, 2.45) is 4.99 Å². The Morgan fingerprint density at radius 3 is 2.45 bits per heavy atom. The summed E-state index contributed by atoms with van der Waals surface area (Å²) in [6.45, 7) is 0.142. The third-order valence-corrected chi connectivity index (χ3v) is 6.40. The van der Waals surface area contributed by atoms with Gasteiger partial charge in [0.15, 0.2) is 14.6 Å². The smallest absolute Gasteiger partial charge is 0.280 e. The van der Waals surface area contributed by atoms with Crippen molar-refractivity contribution in [3.63, 3.8) is 0 Å². The highest BCUT2D eigenvalue weighted by Crippen LogP contribution is 2.35. The number of hydrogen-bond acceptors (Lipinski definition) is 6. The van der Waals surface area contributed by atoms with Gasteiger partial charge >= 0.3 is 0 Å². The van der Waals surface area contributed by atoms with Gasteiger partial charge in [0, 0.05) is 6.26 Å². The lowest BCUT2D eigenvalue weighted by Gasteiger charge is -2.08. The Morgan fingerprint density at radius 2 is 1.83 bits per heavy atom. The summed E-state index contributed by atoms with van der Waals surface area (Å²) in [7, 11) is -0.524. The Labute approximate surface area is 172 Å². The van der Waals surface area contributed by atoms with E-state index in [-0.39, 0.29) is 17.0 Å². The van der Waals surface area contributed by atoms with Crippen LogP contribution in [0.25, 0.3) is 10.2 Å². The predicted octanol–water partition coefficient (Wildman–Crippen LogP) is 2.50. The van der Waals surface area contributed by atoms with E-state index < -0.39 is 15.7 Å². The van der Waals surface area contributed by atoms with Gasteiger partial charge in [0.25, 0.3) is 5.91 Å². The number of benzene rings is 2. The molecule has 0 aliphatic carbocycles. The van der Waals surface area contributed by atoms with E-state index >= 15 is 0 Å². The number of nitrogens with zero attached hydrogens (tertiary/aromatic N) is 2. The Balaban J connectivity index is 2.31. The van der Waals surface area contributed by atoms with Crippen LogP contribution in [0.2, 0.25) is 0 Å². The van der Waals surface area contributed by atoms with Gasteiger partial charge in [0.05, 0.1) is 31.2 Å². The van der Waals surface area contributed by atoms with E-state index in [4.69, 9.17) is 15.9 Å². The van der Waals surface area contributed by atoms with Gasteiger partial charge in [0.2, 0.25) is 0 Å². The monoisotopic (exact) mass is 430 g/mol. The van der Waals surface area contributed by atoms with E-state index in [9.17, 15) is 13.2 Å². The molecule has 0 aliphatic rings. The van der Waals surface area contributed by atoms with Crippen molar-refractivity contribution in [2.75, 3.05) is 20.5 Å². The Hall–Kier alpha value is -3.09. The predicted molar refractivity (Wildman–Crippen MR) is 111 cm³/mol. The topological polar surface area (TPSA) is 87.0 Å². The number of terminal acetylenes is 1. The highest BCUT2D eigenvalue weighted by atomic mass is 32.2. The first-order valence-electron chi connectivity index (χ1n) is 8.37. The molecule has 29 heavy (non-hydrogen) atoms. The molecule has 1 heterocycles. The van der Waals surface area contributed by atoms with E-state index in [1.165, 1.54) is 37.7 Å². The molecule has 0 bridgehead atoms. The summed E-state index contributed by atoms with van der Waals surface area (Å²) >= 11 is 1.21. The molecule has 0 saturated carbocycles. The highest BCUT2D eigenvalue weighted by Gasteiger charge is 2.20. The zero-order valence-corrected chi connectivity index (χ0v) is 17.6. The first-order valence-corrected chi connectivity index (χ1v) is 11.1. The second-order valence-corrected chi connectivity index (χ2v) is 8.97. The quantitative estimate of drug-likeness (QED) is 0.581. The van der Waals surface area contributed by atoms with Gasteiger partial charge in [-0.25, -0.2) is 8.42 Å². The zero-order valence-electron chi connectivity index (χ0n) is 16.0. The SMILES string of the molecule is C#CCn1c(=NC(=O)c2ccccc2S(C)(=O)=O)sc2c(OC)ccc(OC)c21. The highest BCUT2D eigenvalue weighted by molar-refractivity contribution is 7.90. The van der Waals surface area contributed by atoms with Crippen LogP contribution in [0.5, 0.6) is 11.5 Å². The molecule has 0 spiro atoms. The molecular formula is C20H18N2O5S2. The molecule has 0 aliphatic heterocycles. The third kappa shape index (κ3) is 3.90. The lowest BCUT2D eigenvalue weighted by Crippen LogP contribution is -2.17. The van der Waals surface area contributed by atoms with Crippen molar-refractivity contribution in [3.05, 3.63) is 46.8 Å². The van der Waals surface area contributed by atoms with Crippen molar-refractivity contribution in [1.82, 2.24) is 4.57 Å². The number of aromatic nitrogens is 1. The van der Waals surface area contributed by atoms with Gasteiger partial charge in [0.1, 0.15) is 21.7 Å². The average Bonchev–Trinajstić information content (AvgIpc) is 3.05. The van der Waals surface area contributed by atoms with Crippen LogP contribution in [-0.4, -0.2) is 39.4 Å². The number of amides is 1. The van der Waals surface area contributed by atoms with Crippen LogP contribution in [0.15, 0.2) is 46.3 Å². The number of thiazole rings is 1. The summed E-state index contributed by atoms with van der Waals surface area (Å²) in [6.07, 6.45) is 6.57. The van der Waals surface area contributed by atoms with E-state index in [0.29, 0.717) is 26.5 Å². The molecule has 9 heteroatoms. The Bertz CT molecular complexity index is 1310. The number of carbonyl (C=O) groups excluding carboxylic acids is 1. The summed E-state index contributed by atoms with van der Waals surface area (Å²) in [5, 5.41) is 0. The molecule has 0 atom stereocenters. The average molecular weight is 431 g/mol. The van der Waals surface area contributed by atoms with Crippen LogP contribution >= 0.6 is 11.3 Å². The summed E-state index contributed by atoms with van der Waals surface area (Å²) < 4.78 is 37.3. The fourth-order valence-corrected chi connectivity index (χ4v) is 4.91. The number of rotatable bonds is 5. The molecular weight excluding hydrogens is 412 g/mol. The second-order valence-electron chi connectivity index (χ2n) is 6.01. The molecule has 0 fully saturated rings. The zero-order chi connectivity index (χ0) is 21.2. The lowest BCUT2D eigenvalue weighted by molar-refractivity contribution is 0.0994. The molecule has 0 radical (unpaired) electrons. The van der Waals surface area contributed by atoms with E-state index in [1.54, 1.807) is 28.8 Å². The summed E-state index contributed by atoms with van der Waals surface area (Å²) in [4.78, 5) is 17.3. The van der Waals surface area contributed by atoms with Crippen molar-refractivity contribution in [1.29, 1.82) is 0 Å². The van der Waals surface area contributed by atoms with Crippen molar-refractivity contribution in [2.45, 2.75) is 11.4 Å². The Kier molecular flexibility index (Phi) is 5.77. The minimum atomic E-state index is -3.59. The summed E-state index contributed by atoms with van der Waals surface area (Å²) in [6, 6.07) is 9.45. The fourth-order valence-electron chi connectivity index (χ4n) is 2.89. The van der Waals surface area contributed by atoms with Gasteiger partial charge in [-0.15, -0.1) is 6.42 Å². The molecule has 150 valence electrons. The molecule has 3 rings (SSSR count). The molecule has 3 aromatic rings. The number of hydrogen-bond donors (Lipinski definition) is 0. The fraction of sp³-hybridized carbons (Fsp3) is 0.200. The van der Waals surface area contributed by atoms with Gasteiger partial charge < -0.3 is 14.0 Å². The maximum absolute atomic E-state index is 12.9. The summed E-state index contributed by atoms with van der Waals surface area (Å²) in [5.74, 6) is 3.01. The molecule has 7 nitrogen and oxygen atoms in total. The van der Waals surface area contributed by atoms with Gasteiger partial charge in [-0.05, 0) is 24.3 Å². The largest absolute Gasteiger partial charge is 0.495 e. The maximum atomic E-state index is 12.9. The molecule has 0 unspecified atom stereocenters. The minimum Gasteiger partial charge on any atom is -0.495 e. The van der Waals surface area contributed by atoms with E-state index in [2.05, 4.69) is 10.9 Å². The standard InChI is InChI=1S/C20H18N2O5S2/c1-5-12-22-17-14(26-2)10-11-15(27-3)18(17)28-20(22)21-19(23)13-8-6-7-9-16(13)29(4,24)25/h1,6-11H,12H2,2-4H3. The third-order valence-electron chi connectivity index (χ3n) is 4.16. The van der Waals surface area contributed by atoms with Crippen LogP contribution in [0.3, 0.4) is 0 Å². The first kappa shape index (κ1) is 20.6. The van der Waals surface area contributed by atoms with Gasteiger partial charge in [-0.2, -0.15) is 4.99 Å². The number of ether oxygens (including phenoxy) is 2. The second kappa shape index (κ2) is 8.11.